The number of benzene rings is 1. The van der Waals surface area contributed by atoms with Crippen LogP contribution in [0.3, 0.4) is 0 Å². The summed E-state index contributed by atoms with van der Waals surface area (Å²) >= 11 is 0. The number of pyridine rings is 1. The number of fused-ring (bicyclic) bond motifs is 1. The molecule has 0 aliphatic carbocycles. The predicted molar refractivity (Wildman–Crippen MR) is 80.3 cm³/mol. The molecule has 0 amide bonds. The number of rotatable bonds is 1. The molecule has 0 aliphatic heterocycles. The van der Waals surface area contributed by atoms with Crippen molar-refractivity contribution in [1.82, 2.24) is 14.3 Å². The van der Waals surface area contributed by atoms with E-state index in [9.17, 15) is 9.18 Å². The zero-order valence-electron chi connectivity index (χ0n) is 12.2. The molecule has 1 aromatic carbocycles. The van der Waals surface area contributed by atoms with Crippen molar-refractivity contribution in [2.75, 3.05) is 0 Å². The molecule has 3 aromatic rings. The Morgan fingerprint density at radius 3 is 2.38 bits per heavy atom. The van der Waals surface area contributed by atoms with Gasteiger partial charge in [0.15, 0.2) is 5.52 Å². The number of aromatic nitrogens is 3. The molecule has 2 aromatic heterocycles. The van der Waals surface area contributed by atoms with E-state index in [0.717, 1.165) is 5.69 Å². The molecule has 0 fully saturated rings. The van der Waals surface area contributed by atoms with Gasteiger partial charge in [0.2, 0.25) is 0 Å². The molecule has 0 unspecified atom stereocenters. The van der Waals surface area contributed by atoms with Crippen LogP contribution in [0.15, 0.2) is 47.4 Å². The van der Waals surface area contributed by atoms with Crippen LogP contribution < -0.4 is 5.56 Å². The van der Waals surface area contributed by atoms with E-state index in [-0.39, 0.29) is 11.4 Å². The smallest absolute Gasteiger partial charge is 0.265 e. The van der Waals surface area contributed by atoms with Crippen LogP contribution in [0.5, 0.6) is 0 Å². The number of nitrogens with zero attached hydrogens (tertiary/aromatic N) is 3. The van der Waals surface area contributed by atoms with E-state index < -0.39 is 5.54 Å². The summed E-state index contributed by atoms with van der Waals surface area (Å²) in [4.78, 5) is 16.8. The predicted octanol–water partition coefficient (Wildman–Crippen LogP) is 3.08. The summed E-state index contributed by atoms with van der Waals surface area (Å²) < 4.78 is 16.6. The average molecular weight is 285 g/mol. The van der Waals surface area contributed by atoms with Gasteiger partial charge in [0.1, 0.15) is 5.82 Å². The van der Waals surface area contributed by atoms with Crippen LogP contribution >= 0.6 is 0 Å². The molecule has 0 atom stereocenters. The van der Waals surface area contributed by atoms with Crippen molar-refractivity contribution >= 4 is 11.0 Å². The third kappa shape index (κ3) is 2.14. The Kier molecular flexibility index (Phi) is 2.93. The van der Waals surface area contributed by atoms with Crippen molar-refractivity contribution < 1.29 is 4.39 Å². The Labute approximate surface area is 121 Å². The maximum Gasteiger partial charge on any atom is 0.294 e. The van der Waals surface area contributed by atoms with Crippen LogP contribution in [-0.2, 0) is 5.54 Å². The standard InChI is InChI=1S/C16H16FN3O/c1-16(2,3)20-15(21)14-13(5-4-10-18-14)19(20)12-8-6-11(17)7-9-12/h4-10H,1-3H3. The minimum absolute atomic E-state index is 0.151. The van der Waals surface area contributed by atoms with E-state index in [4.69, 9.17) is 0 Å². The maximum absolute atomic E-state index is 13.2. The Balaban J connectivity index is 2.45. The van der Waals surface area contributed by atoms with Crippen LogP contribution in [0.4, 0.5) is 4.39 Å². The highest BCUT2D eigenvalue weighted by Gasteiger charge is 2.24. The Morgan fingerprint density at radius 2 is 1.76 bits per heavy atom. The summed E-state index contributed by atoms with van der Waals surface area (Å²) in [7, 11) is 0. The van der Waals surface area contributed by atoms with E-state index >= 15 is 0 Å². The lowest BCUT2D eigenvalue weighted by Crippen LogP contribution is -2.36. The quantitative estimate of drug-likeness (QED) is 0.689. The van der Waals surface area contributed by atoms with Crippen LogP contribution in [0, 0.1) is 5.82 Å². The molecule has 0 aliphatic rings. The van der Waals surface area contributed by atoms with Gasteiger partial charge in [-0.15, -0.1) is 0 Å². The molecule has 2 heterocycles. The highest BCUT2D eigenvalue weighted by molar-refractivity contribution is 5.76. The Hall–Kier alpha value is -2.43. The van der Waals surface area contributed by atoms with E-state index in [0.29, 0.717) is 11.0 Å². The van der Waals surface area contributed by atoms with Crippen molar-refractivity contribution in [3.8, 4) is 5.69 Å². The van der Waals surface area contributed by atoms with Crippen molar-refractivity contribution in [3.05, 3.63) is 58.8 Å². The number of halogens is 1. The molecule has 0 saturated carbocycles. The maximum atomic E-state index is 13.2. The fraction of sp³-hybridized carbons (Fsp3) is 0.250. The van der Waals surface area contributed by atoms with Crippen molar-refractivity contribution in [1.29, 1.82) is 0 Å². The van der Waals surface area contributed by atoms with Gasteiger partial charge in [0.05, 0.1) is 16.7 Å². The van der Waals surface area contributed by atoms with Gasteiger partial charge in [-0.05, 0) is 57.2 Å². The minimum Gasteiger partial charge on any atom is -0.265 e. The first kappa shape index (κ1) is 13.5. The van der Waals surface area contributed by atoms with Crippen molar-refractivity contribution in [3.63, 3.8) is 0 Å². The lowest BCUT2D eigenvalue weighted by atomic mass is 10.1. The molecular weight excluding hydrogens is 269 g/mol. The summed E-state index contributed by atoms with van der Waals surface area (Å²) in [6, 6.07) is 9.71. The normalized spacial score (nSPS) is 12.0. The van der Waals surface area contributed by atoms with Crippen LogP contribution in [-0.4, -0.2) is 14.3 Å². The third-order valence-electron chi connectivity index (χ3n) is 3.32. The van der Waals surface area contributed by atoms with E-state index in [1.165, 1.54) is 12.1 Å². The molecule has 0 N–H and O–H groups in total. The second kappa shape index (κ2) is 4.55. The molecular formula is C16H16FN3O. The topological polar surface area (TPSA) is 39.8 Å². The summed E-state index contributed by atoms with van der Waals surface area (Å²) in [6.45, 7) is 5.86. The van der Waals surface area contributed by atoms with E-state index in [2.05, 4.69) is 4.98 Å². The van der Waals surface area contributed by atoms with Crippen LogP contribution in [0.25, 0.3) is 16.7 Å². The van der Waals surface area contributed by atoms with Gasteiger partial charge in [-0.25, -0.2) is 18.7 Å². The molecule has 0 saturated heterocycles. The molecule has 4 nitrogen and oxygen atoms in total. The third-order valence-corrected chi connectivity index (χ3v) is 3.32. The Bertz CT molecular complexity index is 854. The number of hydrogen-bond donors (Lipinski definition) is 0. The molecule has 0 bridgehead atoms. The van der Waals surface area contributed by atoms with E-state index in [1.807, 2.05) is 26.8 Å². The fourth-order valence-electron chi connectivity index (χ4n) is 2.47. The summed E-state index contributed by atoms with van der Waals surface area (Å²) in [5.41, 5.74) is 1.28. The van der Waals surface area contributed by atoms with Gasteiger partial charge >= 0.3 is 0 Å². The van der Waals surface area contributed by atoms with Crippen LogP contribution in [0.2, 0.25) is 0 Å². The molecule has 108 valence electrons. The second-order valence-corrected chi connectivity index (χ2v) is 5.95. The van der Waals surface area contributed by atoms with Gasteiger partial charge < -0.3 is 0 Å². The first-order chi connectivity index (χ1) is 9.89. The molecule has 0 spiro atoms. The lowest BCUT2D eigenvalue weighted by molar-refractivity contribution is 0.323. The molecule has 21 heavy (non-hydrogen) atoms. The lowest BCUT2D eigenvalue weighted by Gasteiger charge is -2.24. The summed E-state index contributed by atoms with van der Waals surface area (Å²) in [5, 5.41) is 0. The fourth-order valence-corrected chi connectivity index (χ4v) is 2.47. The number of hydrogen-bond acceptors (Lipinski definition) is 2. The average Bonchev–Trinajstić information content (AvgIpc) is 2.74. The molecule has 0 radical (unpaired) electrons. The van der Waals surface area contributed by atoms with E-state index in [1.54, 1.807) is 33.8 Å². The molecule has 3 rings (SSSR count). The first-order valence-electron chi connectivity index (χ1n) is 6.75. The largest absolute Gasteiger partial charge is 0.294 e. The summed E-state index contributed by atoms with van der Waals surface area (Å²) in [5.74, 6) is -0.307. The molecule has 5 heteroatoms. The van der Waals surface area contributed by atoms with Crippen molar-refractivity contribution in [2.45, 2.75) is 26.3 Å². The van der Waals surface area contributed by atoms with Crippen LogP contribution in [0.1, 0.15) is 20.8 Å². The highest BCUT2D eigenvalue weighted by atomic mass is 19.1. The minimum atomic E-state index is -0.424. The van der Waals surface area contributed by atoms with Gasteiger partial charge in [0.25, 0.3) is 5.56 Å². The first-order valence-corrected chi connectivity index (χ1v) is 6.75. The van der Waals surface area contributed by atoms with Gasteiger partial charge in [0, 0.05) is 6.20 Å². The monoisotopic (exact) mass is 285 g/mol. The van der Waals surface area contributed by atoms with Crippen molar-refractivity contribution in [2.24, 2.45) is 0 Å². The summed E-state index contributed by atoms with van der Waals surface area (Å²) in [6.07, 6.45) is 1.60. The highest BCUT2D eigenvalue weighted by Crippen LogP contribution is 2.21. The SMILES string of the molecule is CC(C)(C)n1c(=O)c2ncccc2n1-c1ccc(F)cc1. The van der Waals surface area contributed by atoms with Gasteiger partial charge in [-0.1, -0.05) is 0 Å². The zero-order valence-corrected chi connectivity index (χ0v) is 12.2. The van der Waals surface area contributed by atoms with Gasteiger partial charge in [-0.3, -0.25) is 4.79 Å². The second-order valence-electron chi connectivity index (χ2n) is 5.95. The Morgan fingerprint density at radius 1 is 1.10 bits per heavy atom. The van der Waals surface area contributed by atoms with Gasteiger partial charge in [-0.2, -0.15) is 0 Å². The zero-order chi connectivity index (χ0) is 15.2.